The van der Waals surface area contributed by atoms with Crippen LogP contribution < -0.4 is 5.32 Å². The summed E-state index contributed by atoms with van der Waals surface area (Å²) in [6.07, 6.45) is 3.15. The molecule has 0 aliphatic carbocycles. The van der Waals surface area contributed by atoms with E-state index < -0.39 is 6.09 Å². The Hall–Kier alpha value is -2.23. The van der Waals surface area contributed by atoms with Crippen LogP contribution in [0, 0.1) is 0 Å². The number of alkyl carbamates (subject to hydrolysis) is 1. The normalized spacial score (nSPS) is 10.2. The van der Waals surface area contributed by atoms with Gasteiger partial charge >= 0.3 is 6.09 Å². The Morgan fingerprint density at radius 1 is 1.39 bits per heavy atom. The van der Waals surface area contributed by atoms with Crippen LogP contribution in [0.4, 0.5) is 4.79 Å². The third-order valence-electron chi connectivity index (χ3n) is 2.63. The molecule has 0 aliphatic heterocycles. The van der Waals surface area contributed by atoms with Gasteiger partial charge in [0.2, 0.25) is 0 Å². The molecule has 2 rings (SSSR count). The van der Waals surface area contributed by atoms with Crippen molar-refractivity contribution < 1.29 is 9.53 Å². The van der Waals surface area contributed by atoms with Crippen LogP contribution in [0.2, 0.25) is 0 Å². The second-order valence-corrected chi connectivity index (χ2v) is 3.88. The van der Waals surface area contributed by atoms with Crippen molar-refractivity contribution in [1.29, 1.82) is 0 Å². The standard InChI is InChI=1S/C14H16N2O2/c1-2-11-18-14(17)15-8-10-16-9-7-12-5-3-4-6-13(12)16/h2-7,9H,1,8,10-11H2,(H,15,17). The first-order valence-corrected chi connectivity index (χ1v) is 5.86. The Bertz CT molecular complexity index is 545. The van der Waals surface area contributed by atoms with E-state index in [0.717, 1.165) is 6.54 Å². The Morgan fingerprint density at radius 2 is 2.22 bits per heavy atom. The van der Waals surface area contributed by atoms with E-state index in [1.165, 1.54) is 10.9 Å². The molecule has 0 aliphatic rings. The van der Waals surface area contributed by atoms with E-state index >= 15 is 0 Å². The van der Waals surface area contributed by atoms with Crippen molar-refractivity contribution in [3.63, 3.8) is 0 Å². The second kappa shape index (κ2) is 5.91. The summed E-state index contributed by atoms with van der Waals surface area (Å²) in [5.74, 6) is 0. The minimum absolute atomic E-state index is 0.234. The number of ether oxygens (including phenoxy) is 1. The third kappa shape index (κ3) is 2.91. The average Bonchev–Trinajstić information content (AvgIpc) is 2.80. The van der Waals surface area contributed by atoms with E-state index in [1.807, 2.05) is 18.3 Å². The maximum absolute atomic E-state index is 11.2. The fourth-order valence-corrected chi connectivity index (χ4v) is 1.80. The lowest BCUT2D eigenvalue weighted by atomic mass is 10.2. The molecule has 4 nitrogen and oxygen atoms in total. The zero-order valence-electron chi connectivity index (χ0n) is 10.1. The number of carbonyl (C=O) groups excluding carboxylic acids is 1. The van der Waals surface area contributed by atoms with Gasteiger partial charge in [0.15, 0.2) is 0 Å². The van der Waals surface area contributed by atoms with E-state index in [9.17, 15) is 4.79 Å². The third-order valence-corrected chi connectivity index (χ3v) is 2.63. The summed E-state index contributed by atoms with van der Waals surface area (Å²) in [4.78, 5) is 11.2. The summed E-state index contributed by atoms with van der Waals surface area (Å²) in [6.45, 7) is 4.97. The predicted octanol–water partition coefficient (Wildman–Crippen LogP) is 2.55. The van der Waals surface area contributed by atoms with Crippen molar-refractivity contribution in [2.75, 3.05) is 13.2 Å². The zero-order chi connectivity index (χ0) is 12.8. The number of carbonyl (C=O) groups is 1. The fraction of sp³-hybridized carbons (Fsp3) is 0.214. The van der Waals surface area contributed by atoms with Gasteiger partial charge in [0.05, 0.1) is 0 Å². The predicted molar refractivity (Wildman–Crippen MR) is 71.5 cm³/mol. The number of rotatable bonds is 5. The van der Waals surface area contributed by atoms with Crippen LogP contribution in [0.25, 0.3) is 10.9 Å². The highest BCUT2D eigenvalue weighted by Crippen LogP contribution is 2.14. The molecule has 1 amide bonds. The molecule has 4 heteroatoms. The Labute approximate surface area is 106 Å². The van der Waals surface area contributed by atoms with Crippen molar-refractivity contribution >= 4 is 17.0 Å². The number of fused-ring (bicyclic) bond motifs is 1. The molecule has 1 N–H and O–H groups in total. The van der Waals surface area contributed by atoms with Gasteiger partial charge in [-0.05, 0) is 17.5 Å². The van der Waals surface area contributed by atoms with Gasteiger partial charge in [0, 0.05) is 24.8 Å². The zero-order valence-corrected chi connectivity index (χ0v) is 10.1. The maximum atomic E-state index is 11.2. The molecule has 0 radical (unpaired) electrons. The topological polar surface area (TPSA) is 43.3 Å². The Morgan fingerprint density at radius 3 is 3.06 bits per heavy atom. The molecule has 1 heterocycles. The Kier molecular flexibility index (Phi) is 4.02. The van der Waals surface area contributed by atoms with Crippen molar-refractivity contribution in [2.24, 2.45) is 0 Å². The van der Waals surface area contributed by atoms with Crippen molar-refractivity contribution in [1.82, 2.24) is 9.88 Å². The van der Waals surface area contributed by atoms with E-state index in [4.69, 9.17) is 4.74 Å². The minimum Gasteiger partial charge on any atom is -0.445 e. The lowest BCUT2D eigenvalue weighted by molar-refractivity contribution is 0.158. The van der Waals surface area contributed by atoms with Crippen molar-refractivity contribution in [3.8, 4) is 0 Å². The Balaban J connectivity index is 1.87. The molecule has 94 valence electrons. The molecular formula is C14H16N2O2. The molecule has 0 saturated heterocycles. The first-order chi connectivity index (χ1) is 8.81. The van der Waals surface area contributed by atoms with Crippen LogP contribution in [0.15, 0.2) is 49.2 Å². The van der Waals surface area contributed by atoms with Crippen molar-refractivity contribution in [3.05, 3.63) is 49.2 Å². The van der Waals surface area contributed by atoms with Crippen LogP contribution >= 0.6 is 0 Å². The fourth-order valence-electron chi connectivity index (χ4n) is 1.80. The smallest absolute Gasteiger partial charge is 0.407 e. The molecule has 0 saturated carbocycles. The highest BCUT2D eigenvalue weighted by molar-refractivity contribution is 5.79. The monoisotopic (exact) mass is 244 g/mol. The van der Waals surface area contributed by atoms with Gasteiger partial charge in [-0.2, -0.15) is 0 Å². The quantitative estimate of drug-likeness (QED) is 0.821. The largest absolute Gasteiger partial charge is 0.445 e. The first kappa shape index (κ1) is 12.2. The van der Waals surface area contributed by atoms with E-state index in [0.29, 0.717) is 6.54 Å². The second-order valence-electron chi connectivity index (χ2n) is 3.88. The average molecular weight is 244 g/mol. The van der Waals surface area contributed by atoms with Crippen molar-refractivity contribution in [2.45, 2.75) is 6.54 Å². The number of amides is 1. The highest BCUT2D eigenvalue weighted by Gasteiger charge is 2.02. The van der Waals surface area contributed by atoms with Gasteiger partial charge in [-0.15, -0.1) is 0 Å². The van der Waals surface area contributed by atoms with Gasteiger partial charge < -0.3 is 14.6 Å². The summed E-state index contributed by atoms with van der Waals surface area (Å²) in [6, 6.07) is 10.2. The minimum atomic E-state index is -0.411. The molecular weight excluding hydrogens is 228 g/mol. The van der Waals surface area contributed by atoms with Crippen LogP contribution in [-0.2, 0) is 11.3 Å². The molecule has 0 bridgehead atoms. The van der Waals surface area contributed by atoms with Gasteiger partial charge in [-0.25, -0.2) is 4.79 Å². The van der Waals surface area contributed by atoms with E-state index in [2.05, 4.69) is 34.7 Å². The molecule has 0 unspecified atom stereocenters. The number of hydrogen-bond donors (Lipinski definition) is 1. The van der Waals surface area contributed by atoms with Crippen LogP contribution in [0.1, 0.15) is 0 Å². The number of nitrogens with zero attached hydrogens (tertiary/aromatic N) is 1. The maximum Gasteiger partial charge on any atom is 0.407 e. The molecule has 0 fully saturated rings. The van der Waals surface area contributed by atoms with Gasteiger partial charge in [0.1, 0.15) is 6.61 Å². The summed E-state index contributed by atoms with van der Waals surface area (Å²) in [5.41, 5.74) is 1.17. The van der Waals surface area contributed by atoms with Gasteiger partial charge in [-0.1, -0.05) is 30.9 Å². The van der Waals surface area contributed by atoms with Gasteiger partial charge in [-0.3, -0.25) is 0 Å². The van der Waals surface area contributed by atoms with Crippen LogP contribution in [0.5, 0.6) is 0 Å². The highest BCUT2D eigenvalue weighted by atomic mass is 16.5. The van der Waals surface area contributed by atoms with E-state index in [-0.39, 0.29) is 6.61 Å². The summed E-state index contributed by atoms with van der Waals surface area (Å²) in [7, 11) is 0. The molecule has 2 aromatic rings. The summed E-state index contributed by atoms with van der Waals surface area (Å²) in [5, 5.41) is 3.89. The lowest BCUT2D eigenvalue weighted by Gasteiger charge is -2.07. The molecule has 0 atom stereocenters. The van der Waals surface area contributed by atoms with Crippen LogP contribution in [-0.4, -0.2) is 23.8 Å². The lowest BCUT2D eigenvalue weighted by Crippen LogP contribution is -2.27. The molecule has 1 aromatic carbocycles. The number of nitrogens with one attached hydrogen (secondary N) is 1. The van der Waals surface area contributed by atoms with Crippen LogP contribution in [0.3, 0.4) is 0 Å². The molecule has 18 heavy (non-hydrogen) atoms. The SMILES string of the molecule is C=CCOC(=O)NCCn1ccc2ccccc21. The number of para-hydroxylation sites is 1. The first-order valence-electron chi connectivity index (χ1n) is 5.86. The number of hydrogen-bond acceptors (Lipinski definition) is 2. The molecule has 0 spiro atoms. The number of aromatic nitrogens is 1. The van der Waals surface area contributed by atoms with Gasteiger partial charge in [0.25, 0.3) is 0 Å². The summed E-state index contributed by atoms with van der Waals surface area (Å²) >= 11 is 0. The number of benzene rings is 1. The summed E-state index contributed by atoms with van der Waals surface area (Å²) < 4.78 is 6.92. The van der Waals surface area contributed by atoms with E-state index in [1.54, 1.807) is 6.08 Å². The molecule has 1 aromatic heterocycles.